The minimum Gasteiger partial charge on any atom is -0.484 e. The first-order valence-corrected chi connectivity index (χ1v) is 8.57. The number of hydrogen-bond acceptors (Lipinski definition) is 5. The maximum absolute atomic E-state index is 11.6. The summed E-state index contributed by atoms with van der Waals surface area (Å²) < 4.78 is 31.0. The lowest BCUT2D eigenvalue weighted by Gasteiger charge is -2.11. The third kappa shape index (κ3) is 4.02. The summed E-state index contributed by atoms with van der Waals surface area (Å²) in [4.78, 5) is 4.03. The van der Waals surface area contributed by atoms with E-state index < -0.39 is 10.0 Å². The molecule has 9 heteroatoms. The highest BCUT2D eigenvalue weighted by Gasteiger charge is 2.16. The first-order valence-electron chi connectivity index (χ1n) is 6.23. The number of rotatable bonds is 6. The van der Waals surface area contributed by atoms with Gasteiger partial charge in [0.25, 0.3) is 0 Å². The number of primary sulfonamides is 1. The number of nitrogens with two attached hydrogens (primary N) is 1. The number of aromatic nitrogens is 3. The minimum atomic E-state index is -3.87. The summed E-state index contributed by atoms with van der Waals surface area (Å²) in [6.07, 6.45) is 2.35. The van der Waals surface area contributed by atoms with E-state index in [1.165, 1.54) is 12.4 Å². The second-order valence-electron chi connectivity index (χ2n) is 4.32. The number of hydrogen-bond donors (Lipinski definition) is 1. The van der Waals surface area contributed by atoms with Crippen molar-refractivity contribution in [3.8, 4) is 5.75 Å². The van der Waals surface area contributed by atoms with E-state index in [0.717, 1.165) is 13.0 Å². The molecule has 0 fully saturated rings. The van der Waals surface area contributed by atoms with E-state index >= 15 is 0 Å². The normalized spacial score (nSPS) is 11.6. The molecule has 0 spiro atoms. The van der Waals surface area contributed by atoms with Crippen LogP contribution in [0.4, 0.5) is 0 Å². The number of aryl methyl sites for hydroxylation is 1. The summed E-state index contributed by atoms with van der Waals surface area (Å²) in [5.41, 5.74) is 0. The van der Waals surface area contributed by atoms with Gasteiger partial charge in [-0.2, -0.15) is 5.10 Å². The highest BCUT2D eigenvalue weighted by atomic mass is 79.9. The molecule has 0 atom stereocenters. The first kappa shape index (κ1) is 15.9. The lowest BCUT2D eigenvalue weighted by atomic mass is 10.3. The molecule has 0 amide bonds. The first-order chi connectivity index (χ1) is 9.91. The van der Waals surface area contributed by atoms with Gasteiger partial charge in [-0.1, -0.05) is 22.9 Å². The molecule has 1 aromatic heterocycles. The molecule has 0 radical (unpaired) electrons. The minimum absolute atomic E-state index is 0.0709. The number of nitrogens with zero attached hydrogens (tertiary/aromatic N) is 3. The molecule has 7 nitrogen and oxygen atoms in total. The average Bonchev–Trinajstić information content (AvgIpc) is 2.84. The van der Waals surface area contributed by atoms with Gasteiger partial charge >= 0.3 is 0 Å². The van der Waals surface area contributed by atoms with Gasteiger partial charge in [-0.25, -0.2) is 23.2 Å². The summed E-state index contributed by atoms with van der Waals surface area (Å²) in [7, 11) is -3.87. The number of sulfonamides is 1. The third-order valence-electron chi connectivity index (χ3n) is 2.70. The van der Waals surface area contributed by atoms with Crippen LogP contribution in [0.1, 0.15) is 19.2 Å². The molecule has 2 aromatic rings. The zero-order valence-electron chi connectivity index (χ0n) is 11.4. The molecule has 1 aromatic carbocycles. The summed E-state index contributed by atoms with van der Waals surface area (Å²) in [6, 6.07) is 4.63. The van der Waals surface area contributed by atoms with Crippen molar-refractivity contribution >= 4 is 26.0 Å². The maximum atomic E-state index is 11.6. The molecule has 1 heterocycles. The zero-order chi connectivity index (χ0) is 15.5. The molecule has 114 valence electrons. The van der Waals surface area contributed by atoms with Crippen molar-refractivity contribution in [2.24, 2.45) is 5.14 Å². The number of ether oxygens (including phenoxy) is 1. The molecule has 0 aliphatic carbocycles. The Morgan fingerprint density at radius 2 is 2.19 bits per heavy atom. The van der Waals surface area contributed by atoms with Gasteiger partial charge in [-0.3, -0.25) is 0 Å². The molecule has 0 bridgehead atoms. The fraction of sp³-hybridized carbons (Fsp3) is 0.333. The topological polar surface area (TPSA) is 100 Å². The smallest absolute Gasteiger partial charge is 0.241 e. The van der Waals surface area contributed by atoms with Crippen LogP contribution in [-0.4, -0.2) is 23.2 Å². The predicted molar refractivity (Wildman–Crippen MR) is 80.2 cm³/mol. The van der Waals surface area contributed by atoms with E-state index in [9.17, 15) is 8.42 Å². The van der Waals surface area contributed by atoms with Crippen LogP contribution in [0.25, 0.3) is 0 Å². The van der Waals surface area contributed by atoms with Gasteiger partial charge in [-0.05, 0) is 24.6 Å². The van der Waals surface area contributed by atoms with Crippen LogP contribution in [0.3, 0.4) is 0 Å². The second-order valence-corrected chi connectivity index (χ2v) is 6.77. The van der Waals surface area contributed by atoms with Crippen LogP contribution >= 0.6 is 15.9 Å². The largest absolute Gasteiger partial charge is 0.484 e. The van der Waals surface area contributed by atoms with Crippen molar-refractivity contribution in [1.82, 2.24) is 14.8 Å². The Hall–Kier alpha value is -1.45. The quantitative estimate of drug-likeness (QED) is 0.828. The third-order valence-corrected chi connectivity index (χ3v) is 4.13. The van der Waals surface area contributed by atoms with E-state index in [2.05, 4.69) is 26.0 Å². The lowest BCUT2D eigenvalue weighted by molar-refractivity contribution is 0.279. The van der Waals surface area contributed by atoms with Crippen molar-refractivity contribution in [3.05, 3.63) is 34.8 Å². The fourth-order valence-electron chi connectivity index (χ4n) is 1.76. The Morgan fingerprint density at radius 3 is 2.86 bits per heavy atom. The van der Waals surface area contributed by atoms with Crippen molar-refractivity contribution in [2.75, 3.05) is 0 Å². The molecule has 0 aliphatic heterocycles. The lowest BCUT2D eigenvalue weighted by Crippen LogP contribution is -2.15. The Balaban J connectivity index is 2.22. The van der Waals surface area contributed by atoms with E-state index in [4.69, 9.17) is 9.88 Å². The fourth-order valence-corrected chi connectivity index (χ4v) is 2.98. The molecule has 2 N–H and O–H groups in total. The molecular formula is C12H15BrN4O3S. The van der Waals surface area contributed by atoms with Crippen molar-refractivity contribution in [3.63, 3.8) is 0 Å². The molecule has 0 saturated heterocycles. The summed E-state index contributed by atoms with van der Waals surface area (Å²) in [5.74, 6) is 0.812. The molecule has 0 unspecified atom stereocenters. The Bertz CT molecular complexity index is 730. The number of halogens is 1. The van der Waals surface area contributed by atoms with Crippen LogP contribution < -0.4 is 9.88 Å². The van der Waals surface area contributed by atoms with Gasteiger partial charge in [0.1, 0.15) is 23.6 Å². The number of benzene rings is 1. The van der Waals surface area contributed by atoms with Crippen LogP contribution in [0.2, 0.25) is 0 Å². The van der Waals surface area contributed by atoms with Crippen molar-refractivity contribution in [2.45, 2.75) is 31.4 Å². The van der Waals surface area contributed by atoms with Crippen LogP contribution in [0.15, 0.2) is 33.9 Å². The molecule has 2 rings (SSSR count). The summed E-state index contributed by atoms with van der Waals surface area (Å²) in [5, 5.41) is 9.27. The van der Waals surface area contributed by atoms with E-state index in [0.29, 0.717) is 10.3 Å². The Morgan fingerprint density at radius 1 is 1.43 bits per heavy atom. The van der Waals surface area contributed by atoms with E-state index in [-0.39, 0.29) is 17.3 Å². The summed E-state index contributed by atoms with van der Waals surface area (Å²) in [6.45, 7) is 2.87. The second kappa shape index (κ2) is 6.54. The van der Waals surface area contributed by atoms with E-state index in [1.54, 1.807) is 16.8 Å². The highest BCUT2D eigenvalue weighted by molar-refractivity contribution is 9.10. The van der Waals surface area contributed by atoms with Gasteiger partial charge in [0.15, 0.2) is 5.82 Å². The zero-order valence-corrected chi connectivity index (χ0v) is 13.8. The van der Waals surface area contributed by atoms with Crippen LogP contribution in [-0.2, 0) is 23.2 Å². The monoisotopic (exact) mass is 374 g/mol. The van der Waals surface area contributed by atoms with Gasteiger partial charge in [-0.15, -0.1) is 0 Å². The molecule has 0 saturated carbocycles. The predicted octanol–water partition coefficient (Wildman–Crippen LogP) is 1.68. The van der Waals surface area contributed by atoms with Gasteiger partial charge in [0.05, 0.1) is 0 Å². The maximum Gasteiger partial charge on any atom is 0.241 e. The van der Waals surface area contributed by atoms with Gasteiger partial charge in [0.2, 0.25) is 10.0 Å². The average molecular weight is 375 g/mol. The van der Waals surface area contributed by atoms with Crippen molar-refractivity contribution < 1.29 is 13.2 Å². The SMILES string of the molecule is CCCn1ncnc1COc1ccc(Br)cc1S(N)(=O)=O. The van der Waals surface area contributed by atoms with Gasteiger partial charge < -0.3 is 4.74 Å². The van der Waals surface area contributed by atoms with Gasteiger partial charge in [0, 0.05) is 11.0 Å². The Kier molecular flexibility index (Phi) is 4.96. The van der Waals surface area contributed by atoms with Crippen molar-refractivity contribution in [1.29, 1.82) is 0 Å². The van der Waals surface area contributed by atoms with Crippen LogP contribution in [0.5, 0.6) is 5.75 Å². The van der Waals surface area contributed by atoms with Crippen LogP contribution in [0, 0.1) is 0 Å². The van der Waals surface area contributed by atoms with E-state index in [1.807, 2.05) is 6.92 Å². The molecular weight excluding hydrogens is 360 g/mol. The summed E-state index contributed by atoms with van der Waals surface area (Å²) >= 11 is 3.21. The highest BCUT2D eigenvalue weighted by Crippen LogP contribution is 2.27. The Labute approximate surface area is 131 Å². The molecule has 0 aliphatic rings. The standard InChI is InChI=1S/C12H15BrN4O3S/c1-2-5-17-12(15-8-16-17)7-20-10-4-3-9(13)6-11(10)21(14,18)19/h3-4,6,8H,2,5,7H2,1H3,(H2,14,18,19). The molecule has 21 heavy (non-hydrogen) atoms.